The van der Waals surface area contributed by atoms with E-state index in [1.807, 2.05) is 6.07 Å². The standard InChI is InChI=1S/C15H17NO3/c1-10-4-3-5-12(6-10)8-16-9-13-7-14(15(17)18)11(2)19-13/h3-7,16H,8-9H2,1-2H3,(H,17,18). The van der Waals surface area contributed by atoms with Crippen molar-refractivity contribution in [2.24, 2.45) is 0 Å². The maximum absolute atomic E-state index is 10.9. The summed E-state index contributed by atoms with van der Waals surface area (Å²) in [6, 6.07) is 9.81. The number of furan rings is 1. The number of aromatic carboxylic acids is 1. The van der Waals surface area contributed by atoms with Gasteiger partial charge >= 0.3 is 5.97 Å². The minimum absolute atomic E-state index is 0.229. The molecule has 4 nitrogen and oxygen atoms in total. The highest BCUT2D eigenvalue weighted by Crippen LogP contribution is 2.14. The summed E-state index contributed by atoms with van der Waals surface area (Å²) in [5, 5.41) is 12.2. The second kappa shape index (κ2) is 5.71. The SMILES string of the molecule is Cc1cccc(CNCc2cc(C(=O)O)c(C)o2)c1. The van der Waals surface area contributed by atoms with Crippen molar-refractivity contribution >= 4 is 5.97 Å². The summed E-state index contributed by atoms with van der Waals surface area (Å²) in [6.07, 6.45) is 0. The van der Waals surface area contributed by atoms with Crippen LogP contribution in [0.25, 0.3) is 0 Å². The molecule has 0 fully saturated rings. The van der Waals surface area contributed by atoms with Gasteiger partial charge in [0, 0.05) is 6.54 Å². The van der Waals surface area contributed by atoms with Gasteiger partial charge in [0.15, 0.2) is 0 Å². The Kier molecular flexibility index (Phi) is 4.02. The van der Waals surface area contributed by atoms with Gasteiger partial charge < -0.3 is 14.8 Å². The van der Waals surface area contributed by atoms with Crippen LogP contribution >= 0.6 is 0 Å². The van der Waals surface area contributed by atoms with Crippen LogP contribution in [-0.2, 0) is 13.1 Å². The van der Waals surface area contributed by atoms with Crippen LogP contribution in [0.15, 0.2) is 34.7 Å². The molecule has 2 N–H and O–H groups in total. The molecule has 1 aromatic carbocycles. The van der Waals surface area contributed by atoms with Crippen molar-refractivity contribution in [2.75, 3.05) is 0 Å². The number of hydrogen-bond acceptors (Lipinski definition) is 3. The number of carboxylic acids is 1. The Morgan fingerprint density at radius 1 is 1.26 bits per heavy atom. The highest BCUT2D eigenvalue weighted by Gasteiger charge is 2.13. The van der Waals surface area contributed by atoms with E-state index in [1.54, 1.807) is 13.0 Å². The molecule has 0 atom stereocenters. The van der Waals surface area contributed by atoms with E-state index in [-0.39, 0.29) is 5.56 Å². The first-order chi connectivity index (χ1) is 9.06. The van der Waals surface area contributed by atoms with Gasteiger partial charge in [0.05, 0.1) is 6.54 Å². The molecule has 0 amide bonds. The number of nitrogens with one attached hydrogen (secondary N) is 1. The molecule has 0 unspecified atom stereocenters. The average molecular weight is 259 g/mol. The summed E-state index contributed by atoms with van der Waals surface area (Å²) in [6.45, 7) is 4.96. The Bertz CT molecular complexity index is 587. The van der Waals surface area contributed by atoms with Crippen molar-refractivity contribution < 1.29 is 14.3 Å². The Morgan fingerprint density at radius 2 is 2.05 bits per heavy atom. The molecule has 19 heavy (non-hydrogen) atoms. The predicted molar refractivity (Wildman–Crippen MR) is 72.1 cm³/mol. The maximum Gasteiger partial charge on any atom is 0.339 e. The van der Waals surface area contributed by atoms with E-state index in [2.05, 4.69) is 30.4 Å². The molecule has 1 aromatic heterocycles. The molecule has 0 saturated carbocycles. The predicted octanol–water partition coefficient (Wildman–Crippen LogP) is 2.88. The Morgan fingerprint density at radius 3 is 2.68 bits per heavy atom. The zero-order valence-electron chi connectivity index (χ0n) is 11.1. The lowest BCUT2D eigenvalue weighted by atomic mass is 10.1. The summed E-state index contributed by atoms with van der Waals surface area (Å²) in [4.78, 5) is 10.9. The molecule has 2 aromatic rings. The van der Waals surface area contributed by atoms with Gasteiger partial charge in [0.25, 0.3) is 0 Å². The number of rotatable bonds is 5. The van der Waals surface area contributed by atoms with Gasteiger partial charge in [-0.05, 0) is 25.5 Å². The van der Waals surface area contributed by atoms with Crippen LogP contribution in [0.2, 0.25) is 0 Å². The van der Waals surface area contributed by atoms with Crippen LogP contribution in [-0.4, -0.2) is 11.1 Å². The normalized spacial score (nSPS) is 10.6. The summed E-state index contributed by atoms with van der Waals surface area (Å²) < 4.78 is 5.39. The molecular formula is C15H17NO3. The Hall–Kier alpha value is -2.07. The highest BCUT2D eigenvalue weighted by molar-refractivity contribution is 5.88. The van der Waals surface area contributed by atoms with Gasteiger partial charge in [-0.25, -0.2) is 4.79 Å². The van der Waals surface area contributed by atoms with E-state index >= 15 is 0 Å². The molecule has 0 radical (unpaired) electrons. The van der Waals surface area contributed by atoms with Gasteiger partial charge in [0.1, 0.15) is 17.1 Å². The van der Waals surface area contributed by atoms with E-state index in [0.717, 1.165) is 6.54 Å². The van der Waals surface area contributed by atoms with Crippen molar-refractivity contribution in [1.29, 1.82) is 0 Å². The van der Waals surface area contributed by atoms with E-state index < -0.39 is 5.97 Å². The molecule has 0 aliphatic carbocycles. The first-order valence-corrected chi connectivity index (χ1v) is 6.15. The number of carbonyl (C=O) groups is 1. The summed E-state index contributed by atoms with van der Waals surface area (Å²) in [7, 11) is 0. The Balaban J connectivity index is 1.92. The topological polar surface area (TPSA) is 62.5 Å². The number of hydrogen-bond donors (Lipinski definition) is 2. The molecule has 0 spiro atoms. The third kappa shape index (κ3) is 3.45. The van der Waals surface area contributed by atoms with Crippen LogP contribution in [0.4, 0.5) is 0 Å². The van der Waals surface area contributed by atoms with Crippen LogP contribution in [0, 0.1) is 13.8 Å². The molecular weight excluding hydrogens is 242 g/mol. The molecule has 100 valence electrons. The minimum Gasteiger partial charge on any atom is -0.478 e. The van der Waals surface area contributed by atoms with Gasteiger partial charge in [-0.2, -0.15) is 0 Å². The fourth-order valence-electron chi connectivity index (χ4n) is 2.00. The van der Waals surface area contributed by atoms with Gasteiger partial charge in [-0.3, -0.25) is 0 Å². The largest absolute Gasteiger partial charge is 0.478 e. The van der Waals surface area contributed by atoms with Gasteiger partial charge in [-0.15, -0.1) is 0 Å². The number of aryl methyl sites for hydroxylation is 2. The monoisotopic (exact) mass is 259 g/mol. The van der Waals surface area contributed by atoms with E-state index in [0.29, 0.717) is 18.1 Å². The minimum atomic E-state index is -0.953. The van der Waals surface area contributed by atoms with E-state index in [9.17, 15) is 4.79 Å². The van der Waals surface area contributed by atoms with Crippen LogP contribution in [0.3, 0.4) is 0 Å². The first kappa shape index (κ1) is 13.4. The first-order valence-electron chi connectivity index (χ1n) is 6.15. The van der Waals surface area contributed by atoms with Gasteiger partial charge in [-0.1, -0.05) is 29.8 Å². The molecule has 2 rings (SSSR count). The number of carboxylic acid groups (broad SMARTS) is 1. The summed E-state index contributed by atoms with van der Waals surface area (Å²) >= 11 is 0. The second-order valence-corrected chi connectivity index (χ2v) is 4.58. The molecule has 0 aliphatic heterocycles. The zero-order chi connectivity index (χ0) is 13.8. The smallest absolute Gasteiger partial charge is 0.339 e. The third-order valence-corrected chi connectivity index (χ3v) is 2.91. The van der Waals surface area contributed by atoms with Crippen molar-refractivity contribution in [1.82, 2.24) is 5.32 Å². The van der Waals surface area contributed by atoms with Gasteiger partial charge in [0.2, 0.25) is 0 Å². The quantitative estimate of drug-likeness (QED) is 0.866. The van der Waals surface area contributed by atoms with E-state index in [1.165, 1.54) is 11.1 Å². The molecule has 1 heterocycles. The van der Waals surface area contributed by atoms with Crippen LogP contribution in [0.5, 0.6) is 0 Å². The maximum atomic E-state index is 10.9. The summed E-state index contributed by atoms with van der Waals surface area (Å²) in [5.74, 6) is 0.133. The van der Waals surface area contributed by atoms with E-state index in [4.69, 9.17) is 9.52 Å². The van der Waals surface area contributed by atoms with Crippen LogP contribution in [0.1, 0.15) is 33.0 Å². The molecule has 4 heteroatoms. The van der Waals surface area contributed by atoms with Crippen molar-refractivity contribution in [2.45, 2.75) is 26.9 Å². The lowest BCUT2D eigenvalue weighted by molar-refractivity contribution is 0.0695. The third-order valence-electron chi connectivity index (χ3n) is 2.91. The fourth-order valence-corrected chi connectivity index (χ4v) is 2.00. The van der Waals surface area contributed by atoms with Crippen molar-refractivity contribution in [3.63, 3.8) is 0 Å². The average Bonchev–Trinajstić information content (AvgIpc) is 2.71. The molecule has 0 saturated heterocycles. The zero-order valence-corrected chi connectivity index (χ0v) is 11.1. The number of benzene rings is 1. The lowest BCUT2D eigenvalue weighted by Crippen LogP contribution is -2.12. The van der Waals surface area contributed by atoms with Crippen molar-refractivity contribution in [3.05, 3.63) is 58.5 Å². The fraction of sp³-hybridized carbons (Fsp3) is 0.267. The lowest BCUT2D eigenvalue weighted by Gasteiger charge is -2.03. The second-order valence-electron chi connectivity index (χ2n) is 4.58. The highest BCUT2D eigenvalue weighted by atomic mass is 16.4. The Labute approximate surface area is 112 Å². The molecule has 0 aliphatic rings. The van der Waals surface area contributed by atoms with Crippen molar-refractivity contribution in [3.8, 4) is 0 Å². The summed E-state index contributed by atoms with van der Waals surface area (Å²) in [5.41, 5.74) is 2.65. The van der Waals surface area contributed by atoms with Crippen LogP contribution < -0.4 is 5.32 Å². The molecule has 0 bridgehead atoms.